The molecule has 4 aliphatic carbocycles. The van der Waals surface area contributed by atoms with Crippen molar-refractivity contribution in [2.75, 3.05) is 26.9 Å². The number of hydrogen-bond donors (Lipinski definition) is 12. The third-order valence-corrected chi connectivity index (χ3v) is 19.6. The third-order valence-electron chi connectivity index (χ3n) is 19.6. The first kappa shape index (κ1) is 58.1. The molecule has 22 heteroatoms. The molecule has 0 spiro atoms. The summed E-state index contributed by atoms with van der Waals surface area (Å²) in [7, 11) is 1.76. The minimum Gasteiger partial charge on any atom is -0.492 e. The van der Waals surface area contributed by atoms with E-state index in [4.69, 9.17) is 47.4 Å². The Bertz CT molecular complexity index is 2000. The van der Waals surface area contributed by atoms with Crippen LogP contribution in [-0.4, -0.2) is 229 Å². The van der Waals surface area contributed by atoms with E-state index in [-0.39, 0.29) is 35.4 Å². The van der Waals surface area contributed by atoms with Gasteiger partial charge in [0.15, 0.2) is 25.2 Å². The van der Waals surface area contributed by atoms with Gasteiger partial charge in [-0.1, -0.05) is 32.4 Å². The fourth-order valence-electron chi connectivity index (χ4n) is 15.0. The quantitative estimate of drug-likeness (QED) is 0.0874. The van der Waals surface area contributed by atoms with Crippen molar-refractivity contribution in [1.29, 1.82) is 0 Å². The van der Waals surface area contributed by atoms with Gasteiger partial charge in [0.1, 0.15) is 103 Å². The Morgan fingerprint density at radius 1 is 0.667 bits per heavy atom. The number of aliphatic hydroxyl groups is 12. The summed E-state index contributed by atoms with van der Waals surface area (Å²) < 4.78 is 61.4. The lowest BCUT2D eigenvalue weighted by Crippen LogP contribution is -2.66. The molecule has 5 saturated heterocycles. The molecule has 12 N–H and O–H groups in total. The molecular weight excluding hydrogens is 989 g/mol. The van der Waals surface area contributed by atoms with Crippen LogP contribution in [0.1, 0.15) is 99.3 Å². The summed E-state index contributed by atoms with van der Waals surface area (Å²) in [6.07, 6.45) is -17.3. The van der Waals surface area contributed by atoms with Crippen molar-refractivity contribution in [3.8, 4) is 0 Å². The van der Waals surface area contributed by atoms with Gasteiger partial charge < -0.3 is 109 Å². The molecule has 0 aromatic heterocycles. The SMILES string of the molecule is COC1(C)/C(=C\CC[C@@H](C)CO[C@@H]2O[C@H](CO)[C@@H](O)[C@H](O)[C@H]2O)OC2C[C@H]3[C@@H]4CC=C5C[C@@H](O[C@@H]6O[C@H](CO)[C@@H](O[C@@H]7O[C@@H](C)[C@H](O)[C@@H](O)[C@H]7O)[C@H](O)[C@H]6O[C@@H]6O[C@@H](C)[C@H](O)[C@@H](O)[C@H]6O)CC[C@]5(C)C4CC[C@]3(C)C21. The Morgan fingerprint density at radius 2 is 1.27 bits per heavy atom. The van der Waals surface area contributed by atoms with Crippen LogP contribution >= 0.6 is 0 Å². The second kappa shape index (κ2) is 22.8. The first-order chi connectivity index (χ1) is 35.5. The van der Waals surface area contributed by atoms with Gasteiger partial charge in [0, 0.05) is 13.0 Å². The van der Waals surface area contributed by atoms with E-state index >= 15 is 0 Å². The number of hydrogen-bond acceptors (Lipinski definition) is 22. The van der Waals surface area contributed by atoms with E-state index in [1.54, 1.807) is 7.11 Å². The lowest BCUT2D eigenvalue weighted by atomic mass is 9.46. The zero-order valence-corrected chi connectivity index (χ0v) is 44.2. The summed E-state index contributed by atoms with van der Waals surface area (Å²) in [6.45, 7) is 11.0. The van der Waals surface area contributed by atoms with Gasteiger partial charge >= 0.3 is 0 Å². The molecule has 9 aliphatic rings. The van der Waals surface area contributed by atoms with E-state index in [2.05, 4.69) is 32.9 Å². The summed E-state index contributed by atoms with van der Waals surface area (Å²) in [5, 5.41) is 127. The van der Waals surface area contributed by atoms with Crippen molar-refractivity contribution < 1.29 is 109 Å². The largest absolute Gasteiger partial charge is 0.492 e. The highest BCUT2D eigenvalue weighted by Gasteiger charge is 2.69. The molecule has 3 saturated carbocycles. The van der Waals surface area contributed by atoms with Gasteiger partial charge in [-0.05, 0) is 119 Å². The van der Waals surface area contributed by atoms with Gasteiger partial charge in [0.2, 0.25) is 0 Å². The second-order valence-electron chi connectivity index (χ2n) is 24.0. The normalized spacial score (nSPS) is 53.8. The Kier molecular flexibility index (Phi) is 17.6. The molecule has 0 aromatic rings. The summed E-state index contributed by atoms with van der Waals surface area (Å²) >= 11 is 0. The van der Waals surface area contributed by atoms with Crippen LogP contribution in [0.15, 0.2) is 23.5 Å². The zero-order chi connectivity index (χ0) is 54.2. The smallest absolute Gasteiger partial charge is 0.187 e. The molecule has 75 heavy (non-hydrogen) atoms. The molecule has 4 unspecified atom stereocenters. The molecule has 0 amide bonds. The Balaban J connectivity index is 0.855. The molecular formula is C53H86O22. The maximum atomic E-state index is 12.1. The predicted octanol–water partition coefficient (Wildman–Crippen LogP) is -1.02. The molecule has 30 atom stereocenters. The summed E-state index contributed by atoms with van der Waals surface area (Å²) in [4.78, 5) is 0. The fourth-order valence-corrected chi connectivity index (χ4v) is 15.0. The molecule has 8 fully saturated rings. The van der Waals surface area contributed by atoms with Crippen LogP contribution in [0.5, 0.6) is 0 Å². The van der Waals surface area contributed by atoms with Crippen LogP contribution in [0.2, 0.25) is 0 Å². The molecule has 5 aliphatic heterocycles. The van der Waals surface area contributed by atoms with Crippen molar-refractivity contribution in [2.45, 2.75) is 240 Å². The number of rotatable bonds is 15. The maximum Gasteiger partial charge on any atom is 0.187 e. The van der Waals surface area contributed by atoms with E-state index in [1.165, 1.54) is 19.4 Å². The van der Waals surface area contributed by atoms with E-state index in [9.17, 15) is 61.3 Å². The van der Waals surface area contributed by atoms with Crippen molar-refractivity contribution in [2.24, 2.45) is 40.4 Å². The molecule has 5 heterocycles. The highest BCUT2D eigenvalue weighted by Crippen LogP contribution is 2.70. The average Bonchev–Trinajstić information content (AvgIpc) is 3.86. The van der Waals surface area contributed by atoms with Crippen LogP contribution in [0.25, 0.3) is 0 Å². The zero-order valence-electron chi connectivity index (χ0n) is 44.2. The first-order valence-corrected chi connectivity index (χ1v) is 27.3. The fraction of sp³-hybridized carbons (Fsp3) is 0.925. The average molecular weight is 1080 g/mol. The predicted molar refractivity (Wildman–Crippen MR) is 258 cm³/mol. The van der Waals surface area contributed by atoms with E-state index in [0.29, 0.717) is 37.0 Å². The minimum atomic E-state index is -1.74. The lowest BCUT2D eigenvalue weighted by Gasteiger charge is -2.59. The van der Waals surface area contributed by atoms with Crippen molar-refractivity contribution in [3.05, 3.63) is 23.5 Å². The molecule has 0 aromatic carbocycles. The van der Waals surface area contributed by atoms with Crippen LogP contribution in [0.3, 0.4) is 0 Å². The number of ether oxygens (including phenoxy) is 10. The van der Waals surface area contributed by atoms with E-state index in [0.717, 1.165) is 44.3 Å². The van der Waals surface area contributed by atoms with Gasteiger partial charge in [0.25, 0.3) is 0 Å². The number of methoxy groups -OCH3 is 1. The van der Waals surface area contributed by atoms with E-state index < -0.39 is 148 Å². The Hall–Kier alpha value is -1.56. The van der Waals surface area contributed by atoms with Crippen LogP contribution in [0.4, 0.5) is 0 Å². The van der Waals surface area contributed by atoms with Crippen molar-refractivity contribution in [3.63, 3.8) is 0 Å². The van der Waals surface area contributed by atoms with Gasteiger partial charge in [-0.2, -0.15) is 0 Å². The number of allylic oxidation sites excluding steroid dienone is 2. The molecule has 22 nitrogen and oxygen atoms in total. The standard InChI is InChI=1S/C53H86O22/c1-22(21-67-47-40(62)39(61)36(58)31(19-54)72-47)9-8-10-33-53(6,66-7)46-30(71-33)18-29-27-12-11-25-17-26(13-15-51(25,4)28(27)14-16-52(29,46)5)70-50-45(75-49-42(64)38(60)35(57)24(3)69-49)43(65)44(32(20-55)73-50)74-48-41(63)37(59)34(56)23(2)68-48/h10-11,22-24,26-32,34-50,54-65H,8-9,12-21H2,1-7H3/b33-10+/t22-,23+,24+,26+,27-,28?,29+,30?,31-,32-,34+,35+,36-,37-,38-,39+,40-,41-,42-,43+,44-,45-,46?,47-,48+,49+,50-,51+,52+,53?/m1/s1. The van der Waals surface area contributed by atoms with E-state index in [1.807, 2.05) is 6.92 Å². The molecule has 430 valence electrons. The van der Waals surface area contributed by atoms with Crippen LogP contribution < -0.4 is 0 Å². The van der Waals surface area contributed by atoms with Gasteiger partial charge in [-0.15, -0.1) is 0 Å². The van der Waals surface area contributed by atoms with Gasteiger partial charge in [-0.3, -0.25) is 0 Å². The number of fused-ring (bicyclic) bond motifs is 7. The highest BCUT2D eigenvalue weighted by atomic mass is 16.8. The summed E-state index contributed by atoms with van der Waals surface area (Å²) in [6, 6.07) is 0. The van der Waals surface area contributed by atoms with Crippen molar-refractivity contribution in [1.82, 2.24) is 0 Å². The lowest BCUT2D eigenvalue weighted by molar-refractivity contribution is -0.388. The monoisotopic (exact) mass is 1070 g/mol. The minimum absolute atomic E-state index is 0.0158. The molecule has 0 bridgehead atoms. The Labute approximate surface area is 438 Å². The van der Waals surface area contributed by atoms with Crippen LogP contribution in [0, 0.1) is 40.4 Å². The highest BCUT2D eigenvalue weighted by molar-refractivity contribution is 5.30. The molecule has 9 rings (SSSR count). The molecule has 0 radical (unpaired) electrons. The van der Waals surface area contributed by atoms with Crippen LogP contribution in [-0.2, 0) is 47.4 Å². The first-order valence-electron chi connectivity index (χ1n) is 27.3. The van der Waals surface area contributed by atoms with Crippen molar-refractivity contribution >= 4 is 0 Å². The summed E-state index contributed by atoms with van der Waals surface area (Å²) in [5.74, 6) is 2.23. The van der Waals surface area contributed by atoms with Gasteiger partial charge in [0.05, 0.1) is 38.1 Å². The third kappa shape index (κ3) is 10.5. The maximum absolute atomic E-state index is 12.1. The topological polar surface area (TPSA) is 335 Å². The number of aliphatic hydroxyl groups excluding tert-OH is 12. The Morgan fingerprint density at radius 3 is 1.89 bits per heavy atom. The summed E-state index contributed by atoms with van der Waals surface area (Å²) in [5.41, 5.74) is 0.462. The second-order valence-corrected chi connectivity index (χ2v) is 24.0. The van der Waals surface area contributed by atoms with Gasteiger partial charge in [-0.25, -0.2) is 0 Å².